The van der Waals surface area contributed by atoms with Crippen molar-refractivity contribution in [2.45, 2.75) is 37.5 Å². The average molecular weight is 397 g/mol. The van der Waals surface area contributed by atoms with E-state index in [1.165, 1.54) is 27.2 Å². The Kier molecular flexibility index (Phi) is 5.94. The number of aromatic nitrogens is 1. The Morgan fingerprint density at radius 3 is 2.74 bits per heavy atom. The molecule has 0 radical (unpaired) electrons. The molecule has 0 saturated carbocycles. The predicted molar refractivity (Wildman–Crippen MR) is 98.3 cm³/mol. The molecule has 148 valence electrons. The maximum Gasteiger partial charge on any atom is 0.270 e. The first-order valence-electron chi connectivity index (χ1n) is 8.63. The molecular formula is C17H23N3O6S. The molecule has 1 aliphatic heterocycles. The Labute approximate surface area is 156 Å². The minimum atomic E-state index is -3.75. The van der Waals surface area contributed by atoms with Crippen molar-refractivity contribution in [3.05, 3.63) is 40.8 Å². The third kappa shape index (κ3) is 4.05. The number of hydrogen-bond donors (Lipinski definition) is 2. The largest absolute Gasteiger partial charge is 0.346 e. The number of nitrogens with zero attached hydrogens (tertiary/aromatic N) is 2. The van der Waals surface area contributed by atoms with E-state index >= 15 is 0 Å². The summed E-state index contributed by atoms with van der Waals surface area (Å²) in [5.41, 5.74) is 5.41. The van der Waals surface area contributed by atoms with Crippen molar-refractivity contribution in [1.82, 2.24) is 8.87 Å². The summed E-state index contributed by atoms with van der Waals surface area (Å²) < 4.78 is 38.4. The molecule has 0 amide bonds. The van der Waals surface area contributed by atoms with Crippen molar-refractivity contribution in [2.24, 2.45) is 5.73 Å². The summed E-state index contributed by atoms with van der Waals surface area (Å²) in [5.74, 6) is 0. The van der Waals surface area contributed by atoms with E-state index in [4.69, 9.17) is 15.2 Å². The SMILES string of the molecule is CCOC(O)OCn1ccc2c(S(=O)(=O)N3CC[C@@H](N)C3)cccc2c1=O. The number of ether oxygens (including phenoxy) is 2. The summed E-state index contributed by atoms with van der Waals surface area (Å²) in [6.45, 7) is 0.912. The van der Waals surface area contributed by atoms with Crippen LogP contribution in [0.5, 0.6) is 0 Å². The number of fused-ring (bicyclic) bond motifs is 1. The van der Waals surface area contributed by atoms with Gasteiger partial charge in [-0.3, -0.25) is 9.36 Å². The van der Waals surface area contributed by atoms with Gasteiger partial charge in [0.2, 0.25) is 10.0 Å². The number of aliphatic hydroxyl groups excluding tert-OH is 1. The smallest absolute Gasteiger partial charge is 0.270 e. The van der Waals surface area contributed by atoms with Crippen LogP contribution in [0.15, 0.2) is 40.2 Å². The normalized spacial score (nSPS) is 19.6. The number of hydrogen-bond acceptors (Lipinski definition) is 7. The first kappa shape index (κ1) is 19.9. The van der Waals surface area contributed by atoms with E-state index in [9.17, 15) is 18.3 Å². The maximum atomic E-state index is 13.0. The molecule has 9 nitrogen and oxygen atoms in total. The zero-order valence-corrected chi connectivity index (χ0v) is 15.8. The molecule has 0 aliphatic carbocycles. The van der Waals surface area contributed by atoms with Gasteiger partial charge in [-0.05, 0) is 31.5 Å². The van der Waals surface area contributed by atoms with Crippen molar-refractivity contribution in [3.8, 4) is 0 Å². The van der Waals surface area contributed by atoms with Crippen LogP contribution >= 0.6 is 0 Å². The average Bonchev–Trinajstić information content (AvgIpc) is 3.08. The van der Waals surface area contributed by atoms with E-state index in [-0.39, 0.29) is 36.2 Å². The van der Waals surface area contributed by atoms with Crippen LogP contribution in [0.3, 0.4) is 0 Å². The first-order valence-corrected chi connectivity index (χ1v) is 10.1. The zero-order chi connectivity index (χ0) is 19.6. The summed E-state index contributed by atoms with van der Waals surface area (Å²) >= 11 is 0. The van der Waals surface area contributed by atoms with E-state index in [1.807, 2.05) is 0 Å². The topological polar surface area (TPSA) is 124 Å². The molecule has 3 rings (SSSR count). The Bertz CT molecular complexity index is 974. The van der Waals surface area contributed by atoms with Gasteiger partial charge in [-0.15, -0.1) is 0 Å². The van der Waals surface area contributed by atoms with Crippen LogP contribution in [-0.2, 0) is 26.2 Å². The standard InChI is InChI=1S/C17H23N3O6S/c1-2-25-17(22)26-11-19-8-7-13-14(16(19)21)4-3-5-15(13)27(23,24)20-9-6-12(18)10-20/h3-5,7-8,12,17,22H,2,6,9-11,18H2,1H3/t12-,17?/m1/s1. The molecule has 1 aromatic carbocycles. The van der Waals surface area contributed by atoms with Gasteiger partial charge < -0.3 is 20.3 Å². The molecule has 2 atom stereocenters. The van der Waals surface area contributed by atoms with Crippen LogP contribution in [0.4, 0.5) is 0 Å². The summed E-state index contributed by atoms with van der Waals surface area (Å²) in [6.07, 6.45) is 2.04. The quantitative estimate of drug-likeness (QED) is 0.631. The van der Waals surface area contributed by atoms with E-state index in [0.29, 0.717) is 18.4 Å². The van der Waals surface area contributed by atoms with Crippen LogP contribution < -0.4 is 11.3 Å². The molecule has 27 heavy (non-hydrogen) atoms. The van der Waals surface area contributed by atoms with E-state index < -0.39 is 22.1 Å². The number of nitrogens with two attached hydrogens (primary N) is 1. The van der Waals surface area contributed by atoms with Gasteiger partial charge in [-0.25, -0.2) is 8.42 Å². The van der Waals surface area contributed by atoms with Crippen molar-refractivity contribution in [1.29, 1.82) is 0 Å². The predicted octanol–water partition coefficient (Wildman–Crippen LogP) is 0.00970. The molecule has 3 N–H and O–H groups in total. The molecule has 10 heteroatoms. The Morgan fingerprint density at radius 2 is 2.07 bits per heavy atom. The summed E-state index contributed by atoms with van der Waals surface area (Å²) in [4.78, 5) is 12.8. The van der Waals surface area contributed by atoms with Crippen LogP contribution in [0.2, 0.25) is 0 Å². The van der Waals surface area contributed by atoms with E-state index in [1.54, 1.807) is 19.1 Å². The molecule has 1 aliphatic rings. The van der Waals surface area contributed by atoms with Crippen LogP contribution in [0.1, 0.15) is 13.3 Å². The Balaban J connectivity index is 1.96. The fourth-order valence-electron chi connectivity index (χ4n) is 3.06. The molecule has 0 bridgehead atoms. The van der Waals surface area contributed by atoms with Crippen LogP contribution in [-0.4, -0.2) is 54.6 Å². The van der Waals surface area contributed by atoms with Gasteiger partial charge in [-0.2, -0.15) is 4.31 Å². The van der Waals surface area contributed by atoms with Gasteiger partial charge in [-0.1, -0.05) is 6.07 Å². The second-order valence-corrected chi connectivity index (χ2v) is 8.18. The lowest BCUT2D eigenvalue weighted by Crippen LogP contribution is -2.32. The van der Waals surface area contributed by atoms with Crippen LogP contribution in [0.25, 0.3) is 10.8 Å². The van der Waals surface area contributed by atoms with Crippen molar-refractivity contribution in [3.63, 3.8) is 0 Å². The molecule has 2 heterocycles. The number of rotatable bonds is 7. The highest BCUT2D eigenvalue weighted by Gasteiger charge is 2.32. The first-order chi connectivity index (χ1) is 12.8. The molecule has 0 spiro atoms. The van der Waals surface area contributed by atoms with Crippen molar-refractivity contribution in [2.75, 3.05) is 19.7 Å². The Morgan fingerprint density at radius 1 is 1.30 bits per heavy atom. The van der Waals surface area contributed by atoms with Crippen molar-refractivity contribution < 1.29 is 23.0 Å². The fourth-order valence-corrected chi connectivity index (χ4v) is 4.78. The maximum absolute atomic E-state index is 13.0. The second kappa shape index (κ2) is 8.05. The Hall–Kier alpha value is -1.82. The van der Waals surface area contributed by atoms with Gasteiger partial charge in [0.1, 0.15) is 6.73 Å². The third-order valence-corrected chi connectivity index (χ3v) is 6.37. The lowest BCUT2D eigenvalue weighted by Gasteiger charge is -2.18. The summed E-state index contributed by atoms with van der Waals surface area (Å²) in [6, 6.07) is 5.95. The van der Waals surface area contributed by atoms with Gasteiger partial charge in [0.15, 0.2) is 0 Å². The molecule has 1 unspecified atom stereocenters. The number of benzene rings is 1. The molecule has 1 saturated heterocycles. The summed E-state index contributed by atoms with van der Waals surface area (Å²) in [7, 11) is -3.75. The van der Waals surface area contributed by atoms with Gasteiger partial charge in [0.25, 0.3) is 12.0 Å². The van der Waals surface area contributed by atoms with Crippen molar-refractivity contribution >= 4 is 20.8 Å². The lowest BCUT2D eigenvalue weighted by molar-refractivity contribution is -0.275. The highest BCUT2D eigenvalue weighted by molar-refractivity contribution is 7.89. The van der Waals surface area contributed by atoms with E-state index in [0.717, 1.165) is 0 Å². The zero-order valence-electron chi connectivity index (χ0n) is 14.9. The van der Waals surface area contributed by atoms with Gasteiger partial charge in [0.05, 0.1) is 4.90 Å². The minimum Gasteiger partial charge on any atom is -0.346 e. The number of pyridine rings is 1. The van der Waals surface area contributed by atoms with E-state index in [2.05, 4.69) is 0 Å². The van der Waals surface area contributed by atoms with Gasteiger partial charge in [0, 0.05) is 42.7 Å². The summed E-state index contributed by atoms with van der Waals surface area (Å²) in [5, 5.41) is 10.0. The highest BCUT2D eigenvalue weighted by Crippen LogP contribution is 2.26. The van der Waals surface area contributed by atoms with Crippen LogP contribution in [0, 0.1) is 0 Å². The highest BCUT2D eigenvalue weighted by atomic mass is 32.2. The second-order valence-electron chi connectivity index (χ2n) is 6.28. The fraction of sp³-hybridized carbons (Fsp3) is 0.471. The molecular weight excluding hydrogens is 374 g/mol. The molecule has 1 aromatic heterocycles. The number of sulfonamides is 1. The minimum absolute atomic E-state index is 0.0774. The molecule has 2 aromatic rings. The lowest BCUT2D eigenvalue weighted by atomic mass is 10.2. The molecule has 1 fully saturated rings. The monoisotopic (exact) mass is 397 g/mol. The number of aliphatic hydroxyl groups is 1. The van der Waals surface area contributed by atoms with Gasteiger partial charge >= 0.3 is 0 Å². The third-order valence-electron chi connectivity index (χ3n) is 4.45.